The van der Waals surface area contributed by atoms with E-state index in [-0.39, 0.29) is 37.5 Å². The molecule has 1 atom stereocenters. The van der Waals surface area contributed by atoms with Crippen LogP contribution in [0.25, 0.3) is 0 Å². The van der Waals surface area contributed by atoms with Gasteiger partial charge in [-0.2, -0.15) is 0 Å². The standard InChI is InChI=1S/C55H86O6/c1-4-7-10-13-16-19-22-24-26-27-28-29-31-33-36-39-42-45-48-54(57)60-51-52(50-59-53(56)47-44-41-38-35-32-21-18-15-12-9-6-3)61-55(58)49-46-43-40-37-34-30-25-23-20-17-14-11-8-5-2/h8,10-11,13,15-22,24-30,32,52H,4-7,9,12,14,23,31,33-51H2,1-3H3/b11-8-,13-10-,18-15-,19-16-,20-17-,24-22-,27-26-,29-28-,30-25-,32-21-. The second-order valence-electron chi connectivity index (χ2n) is 15.4. The number of carbonyl (C=O) groups excluding carboxylic acids is 3. The van der Waals surface area contributed by atoms with E-state index in [1.807, 2.05) is 36.5 Å². The van der Waals surface area contributed by atoms with Gasteiger partial charge in [0.15, 0.2) is 6.10 Å². The molecular formula is C55H86O6. The second-order valence-corrected chi connectivity index (χ2v) is 15.4. The van der Waals surface area contributed by atoms with Gasteiger partial charge in [0.2, 0.25) is 0 Å². The zero-order chi connectivity index (χ0) is 44.4. The van der Waals surface area contributed by atoms with Crippen molar-refractivity contribution in [3.63, 3.8) is 0 Å². The zero-order valence-corrected chi connectivity index (χ0v) is 38.9. The molecular weight excluding hydrogens is 757 g/mol. The van der Waals surface area contributed by atoms with Gasteiger partial charge in [0.1, 0.15) is 13.2 Å². The van der Waals surface area contributed by atoms with Crippen molar-refractivity contribution in [2.45, 2.75) is 194 Å². The van der Waals surface area contributed by atoms with Gasteiger partial charge in [-0.25, -0.2) is 0 Å². The Balaban J connectivity index is 4.52. The van der Waals surface area contributed by atoms with Gasteiger partial charge in [0, 0.05) is 19.3 Å². The fourth-order valence-corrected chi connectivity index (χ4v) is 5.93. The molecule has 6 nitrogen and oxygen atoms in total. The van der Waals surface area contributed by atoms with Crippen molar-refractivity contribution in [1.82, 2.24) is 0 Å². The molecule has 0 saturated heterocycles. The largest absolute Gasteiger partial charge is 0.462 e. The molecule has 0 aromatic rings. The fraction of sp³-hybridized carbons (Fsp3) is 0.582. The van der Waals surface area contributed by atoms with Crippen molar-refractivity contribution in [2.75, 3.05) is 13.2 Å². The number of unbranched alkanes of at least 4 members (excludes halogenated alkanes) is 15. The van der Waals surface area contributed by atoms with Gasteiger partial charge in [0.05, 0.1) is 0 Å². The molecule has 0 amide bonds. The highest BCUT2D eigenvalue weighted by Gasteiger charge is 2.19. The van der Waals surface area contributed by atoms with E-state index in [2.05, 4.69) is 106 Å². The summed E-state index contributed by atoms with van der Waals surface area (Å²) in [5.41, 5.74) is 0. The van der Waals surface area contributed by atoms with E-state index in [1.165, 1.54) is 19.3 Å². The molecule has 0 aromatic heterocycles. The normalized spacial score (nSPS) is 13.2. The van der Waals surface area contributed by atoms with Crippen LogP contribution in [0.1, 0.15) is 188 Å². The van der Waals surface area contributed by atoms with Gasteiger partial charge in [-0.1, -0.05) is 200 Å². The molecule has 0 aliphatic carbocycles. The molecule has 0 bridgehead atoms. The number of esters is 3. The lowest BCUT2D eigenvalue weighted by Gasteiger charge is -2.18. The monoisotopic (exact) mass is 843 g/mol. The molecule has 1 unspecified atom stereocenters. The van der Waals surface area contributed by atoms with Crippen molar-refractivity contribution in [1.29, 1.82) is 0 Å². The van der Waals surface area contributed by atoms with Crippen molar-refractivity contribution in [2.24, 2.45) is 0 Å². The molecule has 0 radical (unpaired) electrons. The molecule has 0 aliphatic heterocycles. The molecule has 0 saturated carbocycles. The number of carbonyl (C=O) groups is 3. The summed E-state index contributed by atoms with van der Waals surface area (Å²) in [6.07, 6.45) is 66.0. The van der Waals surface area contributed by atoms with Crippen LogP contribution in [0.5, 0.6) is 0 Å². The van der Waals surface area contributed by atoms with E-state index in [0.717, 1.165) is 128 Å². The third kappa shape index (κ3) is 46.7. The Morgan fingerprint density at radius 3 is 1.25 bits per heavy atom. The summed E-state index contributed by atoms with van der Waals surface area (Å²) in [4.78, 5) is 37.8. The zero-order valence-electron chi connectivity index (χ0n) is 38.9. The summed E-state index contributed by atoms with van der Waals surface area (Å²) in [6, 6.07) is 0. The Kier molecular flexibility index (Phi) is 45.1. The predicted octanol–water partition coefficient (Wildman–Crippen LogP) is 15.7. The highest BCUT2D eigenvalue weighted by molar-refractivity contribution is 5.71. The minimum atomic E-state index is -0.814. The molecule has 61 heavy (non-hydrogen) atoms. The lowest BCUT2D eigenvalue weighted by Crippen LogP contribution is -2.30. The van der Waals surface area contributed by atoms with Gasteiger partial charge in [-0.15, -0.1) is 0 Å². The Bertz CT molecular complexity index is 1340. The summed E-state index contributed by atoms with van der Waals surface area (Å²) in [5.74, 6) is -0.999. The van der Waals surface area contributed by atoms with Crippen molar-refractivity contribution < 1.29 is 28.6 Å². The lowest BCUT2D eigenvalue weighted by atomic mass is 10.1. The fourth-order valence-electron chi connectivity index (χ4n) is 5.93. The Morgan fingerprint density at radius 2 is 0.738 bits per heavy atom. The van der Waals surface area contributed by atoms with Crippen molar-refractivity contribution in [3.8, 4) is 0 Å². The summed E-state index contributed by atoms with van der Waals surface area (Å²) < 4.78 is 16.7. The van der Waals surface area contributed by atoms with Gasteiger partial charge in [-0.05, 0) is 89.9 Å². The van der Waals surface area contributed by atoms with Crippen LogP contribution in [-0.2, 0) is 28.6 Å². The molecule has 0 aromatic carbocycles. The first-order valence-corrected chi connectivity index (χ1v) is 24.1. The molecule has 0 N–H and O–H groups in total. The summed E-state index contributed by atoms with van der Waals surface area (Å²) >= 11 is 0. The minimum absolute atomic E-state index is 0.113. The Labute approximate surface area is 373 Å². The van der Waals surface area contributed by atoms with Crippen LogP contribution in [-0.4, -0.2) is 37.2 Å². The average molecular weight is 843 g/mol. The van der Waals surface area contributed by atoms with Crippen LogP contribution in [0.15, 0.2) is 122 Å². The van der Waals surface area contributed by atoms with Crippen molar-refractivity contribution >= 4 is 17.9 Å². The molecule has 0 rings (SSSR count). The van der Waals surface area contributed by atoms with E-state index in [4.69, 9.17) is 14.2 Å². The summed E-state index contributed by atoms with van der Waals surface area (Å²) in [6.45, 7) is 6.29. The van der Waals surface area contributed by atoms with Crippen LogP contribution in [0.3, 0.4) is 0 Å². The average Bonchev–Trinajstić information content (AvgIpc) is 3.26. The van der Waals surface area contributed by atoms with Crippen LogP contribution < -0.4 is 0 Å². The third-order valence-electron chi connectivity index (χ3n) is 9.56. The van der Waals surface area contributed by atoms with Crippen LogP contribution in [0, 0.1) is 0 Å². The number of hydrogen-bond donors (Lipinski definition) is 0. The van der Waals surface area contributed by atoms with Gasteiger partial charge in [-0.3, -0.25) is 14.4 Å². The molecule has 342 valence electrons. The number of hydrogen-bond acceptors (Lipinski definition) is 6. The maximum absolute atomic E-state index is 12.8. The lowest BCUT2D eigenvalue weighted by molar-refractivity contribution is -0.167. The molecule has 0 heterocycles. The first kappa shape index (κ1) is 56.8. The number of allylic oxidation sites excluding steroid dienone is 20. The van der Waals surface area contributed by atoms with E-state index in [0.29, 0.717) is 12.8 Å². The summed E-state index contributed by atoms with van der Waals surface area (Å²) in [5, 5.41) is 0. The van der Waals surface area contributed by atoms with Gasteiger partial charge < -0.3 is 14.2 Å². The number of ether oxygens (including phenoxy) is 3. The molecule has 0 spiro atoms. The number of rotatable bonds is 41. The van der Waals surface area contributed by atoms with E-state index in [9.17, 15) is 14.4 Å². The SMILES string of the molecule is CC/C=C\C/C=C\C/C=C\CCCCCCC(=O)OC(COC(=O)CCCCC/C=C\C=C/CCCC)COC(=O)CCCCCCC\C=C/C=C\C=C/C=C\C=C/CCC. The topological polar surface area (TPSA) is 78.9 Å². The highest BCUT2D eigenvalue weighted by atomic mass is 16.6. The maximum atomic E-state index is 12.8. The predicted molar refractivity (Wildman–Crippen MR) is 260 cm³/mol. The second kappa shape index (κ2) is 48.5. The quantitative estimate of drug-likeness (QED) is 0.0201. The van der Waals surface area contributed by atoms with Gasteiger partial charge >= 0.3 is 17.9 Å². The smallest absolute Gasteiger partial charge is 0.306 e. The van der Waals surface area contributed by atoms with E-state index in [1.54, 1.807) is 0 Å². The first-order chi connectivity index (χ1) is 30.0. The Hall–Kier alpha value is -4.19. The highest BCUT2D eigenvalue weighted by Crippen LogP contribution is 2.12. The molecule has 0 fully saturated rings. The summed E-state index contributed by atoms with van der Waals surface area (Å²) in [7, 11) is 0. The van der Waals surface area contributed by atoms with Crippen molar-refractivity contribution in [3.05, 3.63) is 122 Å². The van der Waals surface area contributed by atoms with Crippen LogP contribution >= 0.6 is 0 Å². The van der Waals surface area contributed by atoms with E-state index >= 15 is 0 Å². The molecule has 0 aliphatic rings. The van der Waals surface area contributed by atoms with Crippen LogP contribution in [0.4, 0.5) is 0 Å². The van der Waals surface area contributed by atoms with Crippen LogP contribution in [0.2, 0.25) is 0 Å². The first-order valence-electron chi connectivity index (χ1n) is 24.1. The van der Waals surface area contributed by atoms with Gasteiger partial charge in [0.25, 0.3) is 0 Å². The van der Waals surface area contributed by atoms with E-state index < -0.39 is 6.10 Å². The third-order valence-corrected chi connectivity index (χ3v) is 9.56. The Morgan fingerprint density at radius 1 is 0.361 bits per heavy atom. The maximum Gasteiger partial charge on any atom is 0.306 e. The minimum Gasteiger partial charge on any atom is -0.462 e. The molecule has 6 heteroatoms.